The number of aliphatic carboxylic acids is 1. The van der Waals surface area contributed by atoms with Gasteiger partial charge in [0.15, 0.2) is 18.2 Å². The maximum atomic E-state index is 12.4. The Labute approximate surface area is 153 Å². The van der Waals surface area contributed by atoms with Gasteiger partial charge in [-0.25, -0.2) is 9.78 Å². The molecule has 0 spiro atoms. The first kappa shape index (κ1) is 17.4. The van der Waals surface area contributed by atoms with Gasteiger partial charge in [-0.2, -0.15) is 0 Å². The molecule has 1 aromatic carbocycles. The molecule has 2 aromatic rings. The van der Waals surface area contributed by atoms with E-state index < -0.39 is 17.9 Å². The minimum Gasteiger partial charge on any atom is -0.480 e. The third-order valence-electron chi connectivity index (χ3n) is 4.08. The van der Waals surface area contributed by atoms with Crippen molar-refractivity contribution in [2.45, 2.75) is 25.8 Å². The number of amides is 1. The van der Waals surface area contributed by atoms with Crippen LogP contribution in [0.3, 0.4) is 0 Å². The second kappa shape index (κ2) is 7.23. The summed E-state index contributed by atoms with van der Waals surface area (Å²) < 4.78 is 5.87. The summed E-state index contributed by atoms with van der Waals surface area (Å²) in [6.45, 7) is 1.81. The summed E-state index contributed by atoms with van der Waals surface area (Å²) in [5.41, 5.74) is 2.17. The number of hydrogen-bond donors (Lipinski definition) is 1. The minimum atomic E-state index is -1.06. The molecule has 0 bridgehead atoms. The maximum absolute atomic E-state index is 12.4. The molecule has 0 saturated heterocycles. The quantitative estimate of drug-likeness (QED) is 0.774. The molecule has 0 saturated carbocycles. The van der Waals surface area contributed by atoms with Crippen LogP contribution in [0.4, 0.5) is 5.82 Å². The van der Waals surface area contributed by atoms with Crippen LogP contribution in [0, 0.1) is 6.92 Å². The van der Waals surface area contributed by atoms with Crippen molar-refractivity contribution in [3.05, 3.63) is 52.1 Å². The zero-order valence-corrected chi connectivity index (χ0v) is 15.2. The number of aromatic nitrogens is 1. The molecule has 2 heterocycles. The lowest BCUT2D eigenvalue weighted by Crippen LogP contribution is -2.50. The first-order valence-electron chi connectivity index (χ1n) is 7.85. The Bertz CT molecular complexity index is 807. The maximum Gasteiger partial charge on any atom is 0.326 e. The second-order valence-corrected chi connectivity index (χ2v) is 6.70. The number of pyridine rings is 1. The van der Waals surface area contributed by atoms with Crippen molar-refractivity contribution in [2.75, 3.05) is 11.5 Å². The van der Waals surface area contributed by atoms with E-state index in [9.17, 15) is 14.7 Å². The van der Waals surface area contributed by atoms with Gasteiger partial charge in [0, 0.05) is 0 Å². The van der Waals surface area contributed by atoms with Crippen LogP contribution in [-0.2, 0) is 16.0 Å². The fourth-order valence-corrected chi connectivity index (χ4v) is 3.07. The van der Waals surface area contributed by atoms with E-state index in [-0.39, 0.29) is 18.8 Å². The van der Waals surface area contributed by atoms with Crippen LogP contribution in [0.25, 0.3) is 0 Å². The molecule has 1 aromatic heterocycles. The van der Waals surface area contributed by atoms with Crippen molar-refractivity contribution in [2.24, 2.45) is 0 Å². The van der Waals surface area contributed by atoms with E-state index in [2.05, 4.69) is 20.9 Å². The van der Waals surface area contributed by atoms with Gasteiger partial charge in [-0.15, -0.1) is 0 Å². The molecule has 0 fully saturated rings. The van der Waals surface area contributed by atoms with Crippen molar-refractivity contribution in [3.8, 4) is 5.75 Å². The number of fused-ring (bicyclic) bond motifs is 1. The molecule has 1 N–H and O–H groups in total. The average molecular weight is 405 g/mol. The predicted molar refractivity (Wildman–Crippen MR) is 95.8 cm³/mol. The molecule has 7 heteroatoms. The Morgan fingerprint density at radius 3 is 2.72 bits per heavy atom. The number of benzene rings is 1. The fraction of sp³-hybridized carbons (Fsp3) is 0.278. The lowest BCUT2D eigenvalue weighted by atomic mass is 10.0. The third-order valence-corrected chi connectivity index (χ3v) is 4.52. The monoisotopic (exact) mass is 404 g/mol. The zero-order chi connectivity index (χ0) is 18.0. The number of hydrogen-bond acceptors (Lipinski definition) is 4. The van der Waals surface area contributed by atoms with Crippen molar-refractivity contribution in [3.63, 3.8) is 0 Å². The van der Waals surface area contributed by atoms with Gasteiger partial charge in [-0.05, 0) is 53.4 Å². The second-order valence-electron chi connectivity index (χ2n) is 5.89. The lowest BCUT2D eigenvalue weighted by Gasteiger charge is -2.32. The van der Waals surface area contributed by atoms with Gasteiger partial charge in [0.1, 0.15) is 10.6 Å². The Morgan fingerprint density at radius 1 is 1.32 bits per heavy atom. The number of ether oxygens (including phenoxy) is 1. The molecule has 3 rings (SSSR count). The van der Waals surface area contributed by atoms with Gasteiger partial charge in [-0.1, -0.05) is 29.8 Å². The Balaban J connectivity index is 1.87. The van der Waals surface area contributed by atoms with Crippen molar-refractivity contribution >= 4 is 33.6 Å². The molecule has 1 aliphatic heterocycles. The highest BCUT2D eigenvalue weighted by Crippen LogP contribution is 2.33. The Kier molecular flexibility index (Phi) is 5.03. The van der Waals surface area contributed by atoms with Crippen molar-refractivity contribution in [1.29, 1.82) is 0 Å². The molecule has 130 valence electrons. The van der Waals surface area contributed by atoms with Gasteiger partial charge in [-0.3, -0.25) is 9.69 Å². The molecular formula is C18H17BrN2O4. The van der Waals surface area contributed by atoms with E-state index in [4.69, 9.17) is 4.74 Å². The molecule has 0 aliphatic carbocycles. The van der Waals surface area contributed by atoms with E-state index in [1.54, 1.807) is 12.1 Å². The first-order chi connectivity index (χ1) is 12.0. The zero-order valence-electron chi connectivity index (χ0n) is 13.6. The van der Waals surface area contributed by atoms with Crippen molar-refractivity contribution in [1.82, 2.24) is 4.98 Å². The van der Waals surface area contributed by atoms with Gasteiger partial charge in [0.2, 0.25) is 0 Å². The Morgan fingerprint density at radius 2 is 2.04 bits per heavy atom. The third kappa shape index (κ3) is 3.82. The first-order valence-corrected chi connectivity index (χ1v) is 8.65. The van der Waals surface area contributed by atoms with Crippen LogP contribution in [0.2, 0.25) is 0 Å². The minimum absolute atomic E-state index is 0.190. The molecule has 6 nitrogen and oxygen atoms in total. The van der Waals surface area contributed by atoms with Gasteiger partial charge in [0.25, 0.3) is 5.91 Å². The largest absolute Gasteiger partial charge is 0.480 e. The number of halogens is 1. The SMILES string of the molecule is Cc1ccc(CCC(C(=O)O)N2C(=O)COc3ccc(Br)nc32)cc1. The number of rotatable bonds is 5. The van der Waals surface area contributed by atoms with E-state index in [1.807, 2.05) is 31.2 Å². The van der Waals surface area contributed by atoms with E-state index in [1.165, 1.54) is 4.90 Å². The summed E-state index contributed by atoms with van der Waals surface area (Å²) >= 11 is 3.25. The number of nitrogens with zero attached hydrogens (tertiary/aromatic N) is 2. The van der Waals surface area contributed by atoms with Crippen LogP contribution in [-0.4, -0.2) is 34.6 Å². The number of carboxylic acid groups (broad SMARTS) is 1. The summed E-state index contributed by atoms with van der Waals surface area (Å²) in [5.74, 6) is -0.823. The van der Waals surface area contributed by atoms with E-state index in [0.717, 1.165) is 11.1 Å². The number of carbonyl (C=O) groups excluding carboxylic acids is 1. The molecule has 1 unspecified atom stereocenters. The molecule has 1 atom stereocenters. The molecule has 25 heavy (non-hydrogen) atoms. The highest BCUT2D eigenvalue weighted by atomic mass is 79.9. The number of carbonyl (C=O) groups is 2. The summed E-state index contributed by atoms with van der Waals surface area (Å²) in [5, 5.41) is 9.69. The highest BCUT2D eigenvalue weighted by molar-refractivity contribution is 9.10. The predicted octanol–water partition coefficient (Wildman–Crippen LogP) is 2.96. The van der Waals surface area contributed by atoms with E-state index in [0.29, 0.717) is 16.8 Å². The van der Waals surface area contributed by atoms with Gasteiger partial charge < -0.3 is 9.84 Å². The number of aryl methyl sites for hydroxylation is 2. The van der Waals surface area contributed by atoms with Crippen LogP contribution < -0.4 is 9.64 Å². The van der Waals surface area contributed by atoms with Gasteiger partial charge in [0.05, 0.1) is 0 Å². The standard InChI is InChI=1S/C18H17BrN2O4/c1-11-2-4-12(5-3-11)6-7-13(18(23)24)21-16(22)10-25-14-8-9-15(19)20-17(14)21/h2-5,8-9,13H,6-7,10H2,1H3,(H,23,24). The smallest absolute Gasteiger partial charge is 0.326 e. The fourth-order valence-electron chi connectivity index (χ4n) is 2.77. The highest BCUT2D eigenvalue weighted by Gasteiger charge is 2.36. The van der Waals surface area contributed by atoms with E-state index >= 15 is 0 Å². The Hall–Kier alpha value is -2.41. The molecule has 1 amide bonds. The summed E-state index contributed by atoms with van der Waals surface area (Å²) in [7, 11) is 0. The van der Waals surface area contributed by atoms with Crippen LogP contribution >= 0.6 is 15.9 Å². The number of carboxylic acids is 1. The van der Waals surface area contributed by atoms with Crippen LogP contribution in [0.1, 0.15) is 17.5 Å². The van der Waals surface area contributed by atoms with Crippen molar-refractivity contribution < 1.29 is 19.4 Å². The summed E-state index contributed by atoms with van der Waals surface area (Å²) in [4.78, 5) is 29.7. The summed E-state index contributed by atoms with van der Waals surface area (Å²) in [6.07, 6.45) is 0.836. The normalized spacial score (nSPS) is 14.6. The topological polar surface area (TPSA) is 79.7 Å². The summed E-state index contributed by atoms with van der Waals surface area (Å²) in [6, 6.07) is 10.3. The van der Waals surface area contributed by atoms with Crippen LogP contribution in [0.15, 0.2) is 41.0 Å². The van der Waals surface area contributed by atoms with Crippen LogP contribution in [0.5, 0.6) is 5.75 Å². The molecule has 0 radical (unpaired) electrons. The number of anilines is 1. The molecule has 1 aliphatic rings. The lowest BCUT2D eigenvalue weighted by molar-refractivity contribution is -0.140. The van der Waals surface area contributed by atoms with Gasteiger partial charge >= 0.3 is 5.97 Å². The average Bonchev–Trinajstić information content (AvgIpc) is 2.58. The molecular weight excluding hydrogens is 388 g/mol.